The second kappa shape index (κ2) is 10.4. The average Bonchev–Trinajstić information content (AvgIpc) is 3.08. The van der Waals surface area contributed by atoms with Crippen LogP contribution in [0.2, 0.25) is 0 Å². The maximum Gasteiger partial charge on any atom is 0.160 e. The molecule has 1 saturated heterocycles. The molecule has 1 unspecified atom stereocenters. The Morgan fingerprint density at radius 1 is 1.19 bits per heavy atom. The third kappa shape index (κ3) is 5.26. The summed E-state index contributed by atoms with van der Waals surface area (Å²) in [6, 6.07) is 5.69. The molecule has 1 aliphatic heterocycles. The standard InChI is InChI=1S/C20H31NO4.ClH/c1-23-19-8-7-15(13-20(19)24-2)10-12-25-18-6-4-3-5-17(18)21-11-9-16(22)14-21;/h7-8,13,16-18,22H,3-6,9-12,14H2,1-2H3;1H/t16-,17?,18+;/m1./s1/i1D3;. The summed E-state index contributed by atoms with van der Waals surface area (Å²) in [6.45, 7) is 2.31. The predicted molar refractivity (Wildman–Crippen MR) is 105 cm³/mol. The van der Waals surface area contributed by atoms with Crippen molar-refractivity contribution in [3.05, 3.63) is 23.8 Å². The van der Waals surface area contributed by atoms with Crippen molar-refractivity contribution in [2.45, 2.75) is 56.8 Å². The molecule has 1 aromatic carbocycles. The lowest BCUT2D eigenvalue weighted by Crippen LogP contribution is -2.46. The van der Waals surface area contributed by atoms with Gasteiger partial charge in [0.25, 0.3) is 0 Å². The van der Waals surface area contributed by atoms with Crippen LogP contribution in [0.25, 0.3) is 0 Å². The van der Waals surface area contributed by atoms with Crippen LogP contribution in [0.3, 0.4) is 0 Å². The molecule has 26 heavy (non-hydrogen) atoms. The molecule has 6 heteroatoms. The molecule has 0 spiro atoms. The summed E-state index contributed by atoms with van der Waals surface area (Å²) in [4.78, 5) is 2.39. The van der Waals surface area contributed by atoms with Crippen LogP contribution in [-0.4, -0.2) is 62.1 Å². The zero-order chi connectivity index (χ0) is 20.1. The Morgan fingerprint density at radius 2 is 2.04 bits per heavy atom. The molecule has 1 aliphatic carbocycles. The predicted octanol–water partition coefficient (Wildman–Crippen LogP) is 3.06. The van der Waals surface area contributed by atoms with E-state index in [2.05, 4.69) is 4.90 Å². The Hall–Kier alpha value is -1.01. The third-order valence-corrected chi connectivity index (χ3v) is 5.39. The molecular weight excluding hydrogens is 354 g/mol. The second-order valence-electron chi connectivity index (χ2n) is 7.04. The molecule has 0 aromatic heterocycles. The summed E-state index contributed by atoms with van der Waals surface area (Å²) in [5, 5.41) is 9.84. The fraction of sp³-hybridized carbons (Fsp3) is 0.700. The fourth-order valence-corrected chi connectivity index (χ4v) is 4.04. The van der Waals surface area contributed by atoms with Crippen molar-refractivity contribution in [1.29, 1.82) is 0 Å². The van der Waals surface area contributed by atoms with Gasteiger partial charge in [-0.1, -0.05) is 18.9 Å². The molecule has 148 valence electrons. The first-order chi connectivity index (χ1) is 13.4. The normalized spacial score (nSPS) is 28.5. The van der Waals surface area contributed by atoms with Gasteiger partial charge in [-0.15, -0.1) is 12.4 Å². The number of methoxy groups -OCH3 is 2. The quantitative estimate of drug-likeness (QED) is 0.777. The lowest BCUT2D eigenvalue weighted by Gasteiger charge is -2.37. The maximum absolute atomic E-state index is 9.84. The number of benzene rings is 1. The number of likely N-dealkylation sites (tertiary alicyclic amines) is 1. The van der Waals surface area contributed by atoms with Gasteiger partial charge in [0, 0.05) is 19.1 Å². The van der Waals surface area contributed by atoms with Crippen LogP contribution in [0, 0.1) is 0 Å². The summed E-state index contributed by atoms with van der Waals surface area (Å²) < 4.78 is 38.2. The number of hydrogen-bond acceptors (Lipinski definition) is 5. The minimum Gasteiger partial charge on any atom is -0.493 e. The Balaban J connectivity index is 0.00000300. The van der Waals surface area contributed by atoms with E-state index in [1.165, 1.54) is 20.0 Å². The van der Waals surface area contributed by atoms with E-state index in [-0.39, 0.29) is 30.4 Å². The van der Waals surface area contributed by atoms with E-state index in [1.54, 1.807) is 12.1 Å². The minimum atomic E-state index is -2.50. The molecular formula is C20H32ClNO4. The van der Waals surface area contributed by atoms with Crippen LogP contribution in [0.15, 0.2) is 18.2 Å². The number of ether oxygens (including phenoxy) is 3. The van der Waals surface area contributed by atoms with Crippen molar-refractivity contribution in [2.24, 2.45) is 0 Å². The first kappa shape index (κ1) is 17.1. The number of hydrogen-bond donors (Lipinski definition) is 1. The van der Waals surface area contributed by atoms with E-state index >= 15 is 0 Å². The number of β-amino-alcohol motifs (C(OH)–C–C–N with tert-alkyl or cyclic N) is 1. The summed E-state index contributed by atoms with van der Waals surface area (Å²) >= 11 is 0. The molecule has 1 N–H and O–H groups in total. The second-order valence-corrected chi connectivity index (χ2v) is 7.04. The number of aliphatic hydroxyl groups excluding tert-OH is 1. The van der Waals surface area contributed by atoms with Crippen LogP contribution in [0.4, 0.5) is 0 Å². The van der Waals surface area contributed by atoms with E-state index in [4.69, 9.17) is 18.3 Å². The average molecular weight is 389 g/mol. The number of rotatable bonds is 7. The van der Waals surface area contributed by atoms with Crippen molar-refractivity contribution in [3.63, 3.8) is 0 Å². The minimum absolute atomic E-state index is 0. The van der Waals surface area contributed by atoms with Crippen molar-refractivity contribution in [2.75, 3.05) is 33.8 Å². The molecule has 5 nitrogen and oxygen atoms in total. The van der Waals surface area contributed by atoms with Gasteiger partial charge in [-0.2, -0.15) is 0 Å². The van der Waals surface area contributed by atoms with E-state index in [0.29, 0.717) is 18.4 Å². The van der Waals surface area contributed by atoms with Crippen molar-refractivity contribution >= 4 is 12.4 Å². The fourth-order valence-electron chi connectivity index (χ4n) is 4.04. The first-order valence-electron chi connectivity index (χ1n) is 10.8. The number of halogens is 1. The lowest BCUT2D eigenvalue weighted by atomic mass is 9.91. The van der Waals surface area contributed by atoms with Gasteiger partial charge < -0.3 is 19.3 Å². The van der Waals surface area contributed by atoms with Gasteiger partial charge in [-0.05, 0) is 43.4 Å². The van der Waals surface area contributed by atoms with Crippen LogP contribution in [-0.2, 0) is 11.2 Å². The number of aliphatic hydroxyl groups is 1. The van der Waals surface area contributed by atoms with Gasteiger partial charge in [-0.25, -0.2) is 0 Å². The molecule has 0 bridgehead atoms. The molecule has 1 heterocycles. The topological polar surface area (TPSA) is 51.2 Å². The van der Waals surface area contributed by atoms with Gasteiger partial charge in [-0.3, -0.25) is 4.90 Å². The highest BCUT2D eigenvalue weighted by atomic mass is 35.5. The Morgan fingerprint density at radius 3 is 2.77 bits per heavy atom. The molecule has 3 atom stereocenters. The zero-order valence-corrected chi connectivity index (χ0v) is 16.2. The smallest absolute Gasteiger partial charge is 0.160 e. The van der Waals surface area contributed by atoms with Crippen molar-refractivity contribution < 1.29 is 23.4 Å². The van der Waals surface area contributed by atoms with Gasteiger partial charge in [0.05, 0.1) is 37.1 Å². The van der Waals surface area contributed by atoms with E-state index < -0.39 is 7.04 Å². The summed E-state index contributed by atoms with van der Waals surface area (Å²) in [5.74, 6) is 0.627. The highest BCUT2D eigenvalue weighted by Gasteiger charge is 2.34. The molecule has 1 aromatic rings. The van der Waals surface area contributed by atoms with Crippen LogP contribution in [0.5, 0.6) is 11.5 Å². The molecule has 2 aliphatic rings. The number of nitrogens with zero attached hydrogens (tertiary/aromatic N) is 1. The van der Waals surface area contributed by atoms with Gasteiger partial charge >= 0.3 is 0 Å². The van der Waals surface area contributed by atoms with Crippen molar-refractivity contribution in [1.82, 2.24) is 4.90 Å². The van der Waals surface area contributed by atoms with Crippen LogP contribution >= 0.6 is 12.4 Å². The monoisotopic (exact) mass is 388 g/mol. The van der Waals surface area contributed by atoms with E-state index in [0.717, 1.165) is 44.3 Å². The van der Waals surface area contributed by atoms with E-state index in [9.17, 15) is 5.11 Å². The SMILES string of the molecule is Cl.[2H]C([2H])([2H])Oc1ccc(CCO[C@H]2CCCCC2N2CC[C@@H](O)C2)cc1OC. The molecule has 2 fully saturated rings. The van der Waals surface area contributed by atoms with Gasteiger partial charge in [0.2, 0.25) is 0 Å². The zero-order valence-electron chi connectivity index (χ0n) is 18.4. The first-order valence-corrected chi connectivity index (χ1v) is 9.25. The Labute approximate surface area is 167 Å². The third-order valence-electron chi connectivity index (χ3n) is 5.39. The Kier molecular flexibility index (Phi) is 6.82. The van der Waals surface area contributed by atoms with Crippen LogP contribution in [0.1, 0.15) is 41.8 Å². The molecule has 0 amide bonds. The highest BCUT2D eigenvalue weighted by Crippen LogP contribution is 2.30. The molecule has 3 rings (SSSR count). The summed E-state index contributed by atoms with van der Waals surface area (Å²) in [6.07, 6.45) is 6.18. The lowest BCUT2D eigenvalue weighted by molar-refractivity contribution is -0.0316. The highest BCUT2D eigenvalue weighted by molar-refractivity contribution is 5.85. The maximum atomic E-state index is 9.84. The molecule has 0 radical (unpaired) electrons. The van der Waals surface area contributed by atoms with Gasteiger partial charge in [0.1, 0.15) is 0 Å². The van der Waals surface area contributed by atoms with Crippen LogP contribution < -0.4 is 9.47 Å². The summed E-state index contributed by atoms with van der Waals surface area (Å²) in [7, 11) is -1.00. The molecule has 1 saturated carbocycles. The largest absolute Gasteiger partial charge is 0.493 e. The van der Waals surface area contributed by atoms with Crippen molar-refractivity contribution in [3.8, 4) is 11.5 Å². The Bertz CT molecular complexity index is 647. The summed E-state index contributed by atoms with van der Waals surface area (Å²) in [5.41, 5.74) is 1.01. The van der Waals surface area contributed by atoms with E-state index in [1.807, 2.05) is 6.07 Å². The van der Waals surface area contributed by atoms with Gasteiger partial charge in [0.15, 0.2) is 11.5 Å².